The van der Waals surface area contributed by atoms with Crippen molar-refractivity contribution < 1.29 is 0 Å². The Morgan fingerprint density at radius 2 is 1.84 bits per heavy atom. The van der Waals surface area contributed by atoms with E-state index >= 15 is 0 Å². The van der Waals surface area contributed by atoms with Gasteiger partial charge in [0.2, 0.25) is 0 Å². The highest BCUT2D eigenvalue weighted by atomic mass is 15.2. The molecule has 0 saturated heterocycles. The number of benzene rings is 1. The third-order valence-corrected chi connectivity index (χ3v) is 3.81. The van der Waals surface area contributed by atoms with Gasteiger partial charge in [0, 0.05) is 18.4 Å². The summed E-state index contributed by atoms with van der Waals surface area (Å²) in [6.07, 6.45) is 4.28. The number of hydrogen-bond acceptors (Lipinski definition) is 3. The average molecular weight is 257 g/mol. The van der Waals surface area contributed by atoms with Gasteiger partial charge in [-0.1, -0.05) is 36.9 Å². The predicted octanol–water partition coefficient (Wildman–Crippen LogP) is 2.88. The SMILES string of the molecule is C=C(N)C1=C(N(C)C(N)c2ccccc2)CCCC1. The highest BCUT2D eigenvalue weighted by molar-refractivity contribution is 5.33. The normalized spacial score (nSPS) is 17.2. The fraction of sp³-hybridized carbons (Fsp3) is 0.375. The quantitative estimate of drug-likeness (QED) is 0.815. The fourth-order valence-corrected chi connectivity index (χ4v) is 2.67. The maximum Gasteiger partial charge on any atom is 0.103 e. The molecular formula is C16H23N3. The molecule has 2 rings (SSSR count). The molecule has 0 aliphatic heterocycles. The molecular weight excluding hydrogens is 234 g/mol. The van der Waals surface area contributed by atoms with E-state index < -0.39 is 0 Å². The second kappa shape index (κ2) is 5.93. The van der Waals surface area contributed by atoms with Gasteiger partial charge < -0.3 is 16.4 Å². The molecule has 3 heteroatoms. The summed E-state index contributed by atoms with van der Waals surface area (Å²) in [5.74, 6) is 0. The van der Waals surface area contributed by atoms with Crippen LogP contribution in [-0.2, 0) is 0 Å². The first-order valence-corrected chi connectivity index (χ1v) is 6.81. The van der Waals surface area contributed by atoms with Crippen LogP contribution in [0.3, 0.4) is 0 Å². The van der Waals surface area contributed by atoms with Crippen molar-refractivity contribution >= 4 is 0 Å². The van der Waals surface area contributed by atoms with Crippen LogP contribution in [0.15, 0.2) is 53.9 Å². The number of rotatable bonds is 4. The van der Waals surface area contributed by atoms with Crippen LogP contribution < -0.4 is 11.5 Å². The zero-order chi connectivity index (χ0) is 13.8. The summed E-state index contributed by atoms with van der Waals surface area (Å²) >= 11 is 0. The van der Waals surface area contributed by atoms with Gasteiger partial charge in [-0.15, -0.1) is 0 Å². The van der Waals surface area contributed by atoms with Crippen molar-refractivity contribution in [1.82, 2.24) is 4.90 Å². The van der Waals surface area contributed by atoms with Crippen molar-refractivity contribution in [2.45, 2.75) is 31.8 Å². The molecule has 102 valence electrons. The molecule has 19 heavy (non-hydrogen) atoms. The Balaban J connectivity index is 2.27. The van der Waals surface area contributed by atoms with E-state index in [4.69, 9.17) is 11.5 Å². The molecule has 0 saturated carbocycles. The number of allylic oxidation sites excluding steroid dienone is 2. The molecule has 0 aromatic heterocycles. The van der Waals surface area contributed by atoms with Gasteiger partial charge in [-0.05, 0) is 36.8 Å². The lowest BCUT2D eigenvalue weighted by molar-refractivity contribution is 0.294. The van der Waals surface area contributed by atoms with Crippen LogP contribution in [0.5, 0.6) is 0 Å². The Bertz CT molecular complexity index is 476. The van der Waals surface area contributed by atoms with Crippen LogP contribution in [0.1, 0.15) is 37.4 Å². The van der Waals surface area contributed by atoms with Gasteiger partial charge in [0.1, 0.15) is 6.17 Å². The lowest BCUT2D eigenvalue weighted by atomic mass is 9.93. The lowest BCUT2D eigenvalue weighted by Gasteiger charge is -2.34. The first-order valence-electron chi connectivity index (χ1n) is 6.81. The molecule has 1 aromatic carbocycles. The van der Waals surface area contributed by atoms with Gasteiger partial charge in [-0.2, -0.15) is 0 Å². The van der Waals surface area contributed by atoms with Crippen LogP contribution in [0.4, 0.5) is 0 Å². The second-order valence-electron chi connectivity index (χ2n) is 5.12. The second-order valence-corrected chi connectivity index (χ2v) is 5.12. The van der Waals surface area contributed by atoms with E-state index in [0.717, 1.165) is 18.4 Å². The zero-order valence-electron chi connectivity index (χ0n) is 11.6. The molecule has 1 unspecified atom stereocenters. The third kappa shape index (κ3) is 2.99. The Labute approximate surface area is 115 Å². The topological polar surface area (TPSA) is 55.3 Å². The van der Waals surface area contributed by atoms with Crippen molar-refractivity contribution in [3.63, 3.8) is 0 Å². The Morgan fingerprint density at radius 3 is 2.47 bits per heavy atom. The minimum Gasteiger partial charge on any atom is -0.399 e. The van der Waals surface area contributed by atoms with E-state index in [-0.39, 0.29) is 6.17 Å². The van der Waals surface area contributed by atoms with E-state index in [2.05, 4.69) is 23.6 Å². The van der Waals surface area contributed by atoms with Crippen molar-refractivity contribution in [2.24, 2.45) is 11.5 Å². The molecule has 1 atom stereocenters. The summed E-state index contributed by atoms with van der Waals surface area (Å²) in [5, 5.41) is 0. The third-order valence-electron chi connectivity index (χ3n) is 3.81. The molecule has 0 radical (unpaired) electrons. The smallest absolute Gasteiger partial charge is 0.103 e. The van der Waals surface area contributed by atoms with Gasteiger partial charge in [0.05, 0.1) is 0 Å². The lowest BCUT2D eigenvalue weighted by Crippen LogP contribution is -2.32. The predicted molar refractivity (Wildman–Crippen MR) is 80.0 cm³/mol. The van der Waals surface area contributed by atoms with Gasteiger partial charge in [0.15, 0.2) is 0 Å². The first-order chi connectivity index (χ1) is 9.11. The Morgan fingerprint density at radius 1 is 1.21 bits per heavy atom. The van der Waals surface area contributed by atoms with Gasteiger partial charge >= 0.3 is 0 Å². The summed E-state index contributed by atoms with van der Waals surface area (Å²) in [7, 11) is 2.04. The van der Waals surface area contributed by atoms with Gasteiger partial charge in [-0.3, -0.25) is 0 Å². The largest absolute Gasteiger partial charge is 0.399 e. The number of nitrogens with zero attached hydrogens (tertiary/aromatic N) is 1. The van der Waals surface area contributed by atoms with Gasteiger partial charge in [-0.25, -0.2) is 0 Å². The Kier molecular flexibility index (Phi) is 4.27. The van der Waals surface area contributed by atoms with E-state index in [9.17, 15) is 0 Å². The molecule has 0 fully saturated rings. The molecule has 1 aliphatic rings. The van der Waals surface area contributed by atoms with Crippen molar-refractivity contribution in [3.05, 3.63) is 59.4 Å². The van der Waals surface area contributed by atoms with E-state index in [0.29, 0.717) is 5.70 Å². The molecule has 3 nitrogen and oxygen atoms in total. The summed E-state index contributed by atoms with van der Waals surface area (Å²) in [6, 6.07) is 10.1. The number of hydrogen-bond donors (Lipinski definition) is 2. The molecule has 1 aliphatic carbocycles. The summed E-state index contributed by atoms with van der Waals surface area (Å²) in [5.41, 5.74) is 16.5. The van der Waals surface area contributed by atoms with E-state index in [1.54, 1.807) is 0 Å². The monoisotopic (exact) mass is 257 g/mol. The summed E-state index contributed by atoms with van der Waals surface area (Å²) < 4.78 is 0. The zero-order valence-corrected chi connectivity index (χ0v) is 11.6. The van der Waals surface area contributed by atoms with Crippen LogP contribution in [0, 0.1) is 0 Å². The summed E-state index contributed by atoms with van der Waals surface area (Å²) in [4.78, 5) is 2.14. The number of nitrogens with two attached hydrogens (primary N) is 2. The molecule has 0 bridgehead atoms. The maximum absolute atomic E-state index is 6.35. The summed E-state index contributed by atoms with van der Waals surface area (Å²) in [6.45, 7) is 3.90. The van der Waals surface area contributed by atoms with Crippen LogP contribution >= 0.6 is 0 Å². The standard InChI is InChI=1S/C16H23N3/c1-12(17)14-10-6-7-11-15(14)19(2)16(18)13-8-4-3-5-9-13/h3-5,8-9,16H,1,6-7,10-11,17-18H2,2H3. The molecule has 4 N–H and O–H groups in total. The Hall–Kier alpha value is -1.74. The highest BCUT2D eigenvalue weighted by Gasteiger charge is 2.21. The van der Waals surface area contributed by atoms with Crippen molar-refractivity contribution in [2.75, 3.05) is 7.05 Å². The molecule has 0 heterocycles. The van der Waals surface area contributed by atoms with Crippen LogP contribution in [0.2, 0.25) is 0 Å². The molecule has 0 amide bonds. The van der Waals surface area contributed by atoms with Crippen molar-refractivity contribution in [1.29, 1.82) is 0 Å². The minimum atomic E-state index is -0.136. The van der Waals surface area contributed by atoms with Crippen LogP contribution in [-0.4, -0.2) is 11.9 Å². The minimum absolute atomic E-state index is 0.136. The van der Waals surface area contributed by atoms with Crippen LogP contribution in [0.25, 0.3) is 0 Å². The molecule has 0 spiro atoms. The fourth-order valence-electron chi connectivity index (χ4n) is 2.67. The van der Waals surface area contributed by atoms with E-state index in [1.165, 1.54) is 24.1 Å². The maximum atomic E-state index is 6.35. The average Bonchev–Trinajstić information content (AvgIpc) is 2.46. The van der Waals surface area contributed by atoms with Gasteiger partial charge in [0.25, 0.3) is 0 Å². The molecule has 1 aromatic rings. The highest BCUT2D eigenvalue weighted by Crippen LogP contribution is 2.32. The van der Waals surface area contributed by atoms with Crippen molar-refractivity contribution in [3.8, 4) is 0 Å². The first kappa shape index (κ1) is 13.7. The van der Waals surface area contributed by atoms with E-state index in [1.807, 2.05) is 25.2 Å².